The summed E-state index contributed by atoms with van der Waals surface area (Å²) in [4.78, 5) is 2.23. The number of aliphatic hydroxyl groups is 2. The molecule has 2 atom stereocenters. The smallest absolute Gasteiger partial charge is 0.0923 e. The summed E-state index contributed by atoms with van der Waals surface area (Å²) >= 11 is 0. The van der Waals surface area contributed by atoms with E-state index in [1.54, 1.807) is 0 Å². The Labute approximate surface area is 85.7 Å². The monoisotopic (exact) mass is 199 g/mol. The van der Waals surface area contributed by atoms with Crippen molar-refractivity contribution in [1.29, 1.82) is 0 Å². The minimum Gasteiger partial charge on any atom is -0.391 e. The predicted molar refractivity (Wildman–Crippen MR) is 55.0 cm³/mol. The first kappa shape index (κ1) is 10.4. The van der Waals surface area contributed by atoms with Gasteiger partial charge in [0, 0.05) is 19.1 Å². The Morgan fingerprint density at radius 1 is 1.29 bits per heavy atom. The van der Waals surface area contributed by atoms with Crippen molar-refractivity contribution in [3.05, 3.63) is 0 Å². The first-order valence-electron chi connectivity index (χ1n) is 5.67. The van der Waals surface area contributed by atoms with Gasteiger partial charge >= 0.3 is 0 Å². The summed E-state index contributed by atoms with van der Waals surface area (Å²) in [6.45, 7) is 5.60. The van der Waals surface area contributed by atoms with Crippen LogP contribution in [0, 0.1) is 5.92 Å². The predicted octanol–water partition coefficient (Wildman–Crippen LogP) is 0.603. The number of hydrogen-bond acceptors (Lipinski definition) is 3. The van der Waals surface area contributed by atoms with Crippen LogP contribution < -0.4 is 0 Å². The van der Waals surface area contributed by atoms with Crippen LogP contribution in [0.3, 0.4) is 0 Å². The van der Waals surface area contributed by atoms with Gasteiger partial charge in [-0.1, -0.05) is 13.8 Å². The summed E-state index contributed by atoms with van der Waals surface area (Å²) in [5.41, 5.74) is -0.498. The zero-order chi connectivity index (χ0) is 10.3. The van der Waals surface area contributed by atoms with Crippen molar-refractivity contribution in [2.24, 2.45) is 5.92 Å². The molecule has 3 nitrogen and oxygen atoms in total. The van der Waals surface area contributed by atoms with Gasteiger partial charge < -0.3 is 10.2 Å². The van der Waals surface area contributed by atoms with E-state index in [2.05, 4.69) is 18.7 Å². The maximum Gasteiger partial charge on any atom is 0.0923 e. The normalized spacial score (nSPS) is 37.5. The highest BCUT2D eigenvalue weighted by Crippen LogP contribution is 2.35. The second kappa shape index (κ2) is 3.47. The molecule has 0 amide bonds. The molecule has 0 aromatic rings. The second-order valence-electron chi connectivity index (χ2n) is 5.23. The molecule has 0 aromatic carbocycles. The van der Waals surface area contributed by atoms with Gasteiger partial charge in [0.15, 0.2) is 0 Å². The summed E-state index contributed by atoms with van der Waals surface area (Å²) in [7, 11) is 0. The Kier molecular flexibility index (Phi) is 2.58. The highest BCUT2D eigenvalue weighted by atomic mass is 16.3. The molecule has 2 aliphatic rings. The number of rotatable bonds is 2. The van der Waals surface area contributed by atoms with Crippen LogP contribution in [0.5, 0.6) is 0 Å². The fraction of sp³-hybridized carbons (Fsp3) is 1.00. The van der Waals surface area contributed by atoms with Crippen molar-refractivity contribution in [3.63, 3.8) is 0 Å². The summed E-state index contributed by atoms with van der Waals surface area (Å²) in [6.07, 6.45) is 2.99. The third-order valence-electron chi connectivity index (χ3n) is 3.94. The van der Waals surface area contributed by atoms with E-state index in [4.69, 9.17) is 0 Å². The van der Waals surface area contributed by atoms with E-state index in [9.17, 15) is 10.2 Å². The van der Waals surface area contributed by atoms with Gasteiger partial charge in [-0.15, -0.1) is 0 Å². The Morgan fingerprint density at radius 2 is 1.93 bits per heavy atom. The van der Waals surface area contributed by atoms with Crippen LogP contribution in [0.2, 0.25) is 0 Å². The molecule has 1 saturated carbocycles. The van der Waals surface area contributed by atoms with Crippen LogP contribution in [0.15, 0.2) is 0 Å². The van der Waals surface area contributed by atoms with Gasteiger partial charge in [0.1, 0.15) is 0 Å². The molecule has 0 radical (unpaired) electrons. The van der Waals surface area contributed by atoms with Crippen LogP contribution in [-0.4, -0.2) is 45.9 Å². The van der Waals surface area contributed by atoms with E-state index >= 15 is 0 Å². The van der Waals surface area contributed by atoms with Gasteiger partial charge in [0.2, 0.25) is 0 Å². The Balaban J connectivity index is 1.88. The zero-order valence-electron chi connectivity index (χ0n) is 9.11. The molecular formula is C11H21NO2. The maximum atomic E-state index is 10.1. The van der Waals surface area contributed by atoms with Gasteiger partial charge in [-0.3, -0.25) is 4.90 Å². The average Bonchev–Trinajstić information content (AvgIpc) is 2.45. The fourth-order valence-electron chi connectivity index (χ4n) is 2.60. The Morgan fingerprint density at radius 3 is 2.36 bits per heavy atom. The lowest BCUT2D eigenvalue weighted by Crippen LogP contribution is -2.67. The third-order valence-corrected chi connectivity index (χ3v) is 3.94. The lowest BCUT2D eigenvalue weighted by atomic mass is 9.81. The SMILES string of the molecule is CC(C)C1(O)CN(C2CCCC2O)C1. The second-order valence-corrected chi connectivity index (χ2v) is 5.23. The van der Waals surface area contributed by atoms with Crippen LogP contribution >= 0.6 is 0 Å². The standard InChI is InChI=1S/C11H21NO2/c1-8(2)11(14)6-12(7-11)9-4-3-5-10(9)13/h8-10,13-14H,3-7H2,1-2H3. The van der Waals surface area contributed by atoms with Crippen LogP contribution in [0.1, 0.15) is 33.1 Å². The molecule has 3 heteroatoms. The van der Waals surface area contributed by atoms with Crippen molar-refractivity contribution in [3.8, 4) is 0 Å². The van der Waals surface area contributed by atoms with Crippen molar-refractivity contribution >= 4 is 0 Å². The molecule has 14 heavy (non-hydrogen) atoms. The zero-order valence-corrected chi connectivity index (χ0v) is 9.11. The number of likely N-dealkylation sites (tertiary alicyclic amines) is 1. The quantitative estimate of drug-likeness (QED) is 0.684. The first-order chi connectivity index (χ1) is 6.53. The molecule has 0 bridgehead atoms. The summed E-state index contributed by atoms with van der Waals surface area (Å²) in [6, 6.07) is 0.314. The van der Waals surface area contributed by atoms with E-state index in [1.165, 1.54) is 0 Å². The maximum absolute atomic E-state index is 10.1. The molecule has 2 rings (SSSR count). The van der Waals surface area contributed by atoms with Crippen LogP contribution in [0.25, 0.3) is 0 Å². The van der Waals surface area contributed by atoms with Gasteiger partial charge in [-0.2, -0.15) is 0 Å². The minimum atomic E-state index is -0.498. The summed E-state index contributed by atoms with van der Waals surface area (Å²) in [5.74, 6) is 0.317. The molecule has 2 unspecified atom stereocenters. The molecule has 0 spiro atoms. The van der Waals surface area contributed by atoms with Gasteiger partial charge in [0.25, 0.3) is 0 Å². The third kappa shape index (κ3) is 1.58. The first-order valence-corrected chi connectivity index (χ1v) is 5.67. The van der Waals surface area contributed by atoms with E-state index in [0.717, 1.165) is 32.4 Å². The van der Waals surface area contributed by atoms with Gasteiger partial charge in [0.05, 0.1) is 11.7 Å². The molecule has 82 valence electrons. The lowest BCUT2D eigenvalue weighted by molar-refractivity contribution is -0.152. The molecular weight excluding hydrogens is 178 g/mol. The summed E-state index contributed by atoms with van der Waals surface area (Å²) in [5, 5.41) is 19.8. The van der Waals surface area contributed by atoms with E-state index in [1.807, 2.05) is 0 Å². The fourth-order valence-corrected chi connectivity index (χ4v) is 2.60. The number of β-amino-alcohol motifs (C(OH)–C–C–N with tert-alkyl or cyclic N) is 1. The van der Waals surface area contributed by atoms with Crippen molar-refractivity contribution < 1.29 is 10.2 Å². The molecule has 1 aliphatic heterocycles. The highest BCUT2D eigenvalue weighted by molar-refractivity contribution is 5.02. The highest BCUT2D eigenvalue weighted by Gasteiger charge is 2.48. The number of nitrogens with zero attached hydrogens (tertiary/aromatic N) is 1. The molecule has 2 fully saturated rings. The largest absolute Gasteiger partial charge is 0.391 e. The van der Waals surface area contributed by atoms with Crippen LogP contribution in [-0.2, 0) is 0 Å². The van der Waals surface area contributed by atoms with Gasteiger partial charge in [-0.05, 0) is 25.2 Å². The average molecular weight is 199 g/mol. The Bertz CT molecular complexity index is 211. The minimum absolute atomic E-state index is 0.160. The molecule has 1 saturated heterocycles. The topological polar surface area (TPSA) is 43.7 Å². The van der Waals surface area contributed by atoms with E-state index in [0.29, 0.717) is 12.0 Å². The van der Waals surface area contributed by atoms with Crippen molar-refractivity contribution in [2.75, 3.05) is 13.1 Å². The number of aliphatic hydroxyl groups excluding tert-OH is 1. The van der Waals surface area contributed by atoms with Crippen molar-refractivity contribution in [2.45, 2.75) is 50.9 Å². The summed E-state index contributed by atoms with van der Waals surface area (Å²) < 4.78 is 0. The lowest BCUT2D eigenvalue weighted by Gasteiger charge is -2.52. The molecule has 1 heterocycles. The van der Waals surface area contributed by atoms with Crippen molar-refractivity contribution in [1.82, 2.24) is 4.90 Å². The molecule has 0 aromatic heterocycles. The Hall–Kier alpha value is -0.120. The van der Waals surface area contributed by atoms with E-state index < -0.39 is 5.60 Å². The van der Waals surface area contributed by atoms with Gasteiger partial charge in [-0.25, -0.2) is 0 Å². The molecule has 2 N–H and O–H groups in total. The number of hydrogen-bond donors (Lipinski definition) is 2. The van der Waals surface area contributed by atoms with Crippen LogP contribution in [0.4, 0.5) is 0 Å². The van der Waals surface area contributed by atoms with E-state index in [-0.39, 0.29) is 6.10 Å². The molecule has 1 aliphatic carbocycles.